The van der Waals surface area contributed by atoms with Crippen LogP contribution in [0, 0.1) is 0 Å². The zero-order chi connectivity index (χ0) is 22.4. The van der Waals surface area contributed by atoms with Crippen LogP contribution in [0.4, 0.5) is 0 Å². The minimum Gasteiger partial charge on any atom is -0.465 e. The van der Waals surface area contributed by atoms with Crippen LogP contribution in [-0.2, 0) is 22.5 Å². The van der Waals surface area contributed by atoms with Gasteiger partial charge in [0.2, 0.25) is 5.91 Å². The van der Waals surface area contributed by atoms with Crippen LogP contribution in [0.25, 0.3) is 11.0 Å². The lowest BCUT2D eigenvalue weighted by Gasteiger charge is -2.11. The summed E-state index contributed by atoms with van der Waals surface area (Å²) in [5, 5.41) is 3.62. The third-order valence-electron chi connectivity index (χ3n) is 4.93. The second kappa shape index (κ2) is 10.4. The summed E-state index contributed by atoms with van der Waals surface area (Å²) in [4.78, 5) is 31.2. The number of carbonyl (C=O) groups is 2. The van der Waals surface area contributed by atoms with E-state index in [9.17, 15) is 9.59 Å². The number of esters is 1. The molecule has 1 N–H and O–H groups in total. The molecule has 1 amide bonds. The van der Waals surface area contributed by atoms with E-state index in [1.165, 1.54) is 7.11 Å². The lowest BCUT2D eigenvalue weighted by molar-refractivity contribution is -0.120. The number of amides is 1. The number of aromatic nitrogens is 2. The normalized spacial score (nSPS) is 11.1. The van der Waals surface area contributed by atoms with Crippen molar-refractivity contribution < 1.29 is 14.3 Å². The van der Waals surface area contributed by atoms with Crippen molar-refractivity contribution in [2.45, 2.75) is 19.4 Å². The fourth-order valence-electron chi connectivity index (χ4n) is 3.34. The molecule has 0 aliphatic carbocycles. The van der Waals surface area contributed by atoms with Crippen molar-refractivity contribution in [1.82, 2.24) is 19.8 Å². The van der Waals surface area contributed by atoms with Crippen molar-refractivity contribution in [1.29, 1.82) is 0 Å². The maximum atomic E-state index is 12.5. The van der Waals surface area contributed by atoms with Gasteiger partial charge in [0.05, 0.1) is 30.1 Å². The molecule has 0 radical (unpaired) electrons. The SMILES string of the molecule is COC(=O)c1ccc2c(c1)nc(CC(=O)NCCCN(C)C)n2Cc1ccc(Cl)cc1. The Bertz CT molecular complexity index is 1060. The number of benzene rings is 2. The minimum atomic E-state index is -0.422. The van der Waals surface area contributed by atoms with Gasteiger partial charge in [0.25, 0.3) is 0 Å². The molecule has 0 unspecified atom stereocenters. The summed E-state index contributed by atoms with van der Waals surface area (Å²) in [5.74, 6) is 0.131. The predicted octanol–water partition coefficient (Wildman–Crippen LogP) is 3.14. The minimum absolute atomic E-state index is 0.0837. The highest BCUT2D eigenvalue weighted by Gasteiger charge is 2.16. The lowest BCUT2D eigenvalue weighted by Crippen LogP contribution is -2.29. The number of carbonyl (C=O) groups excluding carboxylic acids is 2. The monoisotopic (exact) mass is 442 g/mol. The van der Waals surface area contributed by atoms with E-state index >= 15 is 0 Å². The molecule has 7 nitrogen and oxygen atoms in total. The molecule has 0 saturated heterocycles. The summed E-state index contributed by atoms with van der Waals surface area (Å²) in [6.07, 6.45) is 1.03. The average Bonchev–Trinajstić information content (AvgIpc) is 3.08. The highest BCUT2D eigenvalue weighted by atomic mass is 35.5. The third-order valence-corrected chi connectivity index (χ3v) is 5.18. The molecule has 0 aliphatic rings. The van der Waals surface area contributed by atoms with Crippen LogP contribution in [0.3, 0.4) is 0 Å². The van der Waals surface area contributed by atoms with Gasteiger partial charge in [-0.15, -0.1) is 0 Å². The van der Waals surface area contributed by atoms with Gasteiger partial charge in [0.1, 0.15) is 5.82 Å². The fraction of sp³-hybridized carbons (Fsp3) is 0.348. The number of methoxy groups -OCH3 is 1. The van der Waals surface area contributed by atoms with Gasteiger partial charge in [-0.2, -0.15) is 0 Å². The Labute approximate surface area is 187 Å². The Morgan fingerprint density at radius 1 is 1.16 bits per heavy atom. The Balaban J connectivity index is 1.87. The highest BCUT2D eigenvalue weighted by Crippen LogP contribution is 2.21. The number of nitrogens with one attached hydrogen (secondary N) is 1. The largest absolute Gasteiger partial charge is 0.465 e. The second-order valence-electron chi connectivity index (χ2n) is 7.62. The predicted molar refractivity (Wildman–Crippen MR) is 122 cm³/mol. The summed E-state index contributed by atoms with van der Waals surface area (Å²) >= 11 is 6.01. The second-order valence-corrected chi connectivity index (χ2v) is 8.06. The number of rotatable bonds is 9. The first-order chi connectivity index (χ1) is 14.9. The number of halogens is 1. The molecule has 3 aromatic rings. The van der Waals surface area contributed by atoms with E-state index in [0.717, 1.165) is 24.0 Å². The van der Waals surface area contributed by atoms with E-state index < -0.39 is 5.97 Å². The number of fused-ring (bicyclic) bond motifs is 1. The number of ether oxygens (including phenoxy) is 1. The van der Waals surface area contributed by atoms with Gasteiger partial charge in [-0.05, 0) is 63.0 Å². The molecule has 0 saturated carbocycles. The molecule has 1 aromatic heterocycles. The average molecular weight is 443 g/mol. The smallest absolute Gasteiger partial charge is 0.337 e. The standard InChI is InChI=1S/C23H27ClN4O3/c1-27(2)12-4-11-25-22(29)14-21-26-19-13-17(23(30)31-3)7-10-20(19)28(21)15-16-5-8-18(24)9-6-16/h5-10,13H,4,11-12,14-15H2,1-3H3,(H,25,29). The molecule has 31 heavy (non-hydrogen) atoms. The summed E-state index contributed by atoms with van der Waals surface area (Å²) in [7, 11) is 5.35. The van der Waals surface area contributed by atoms with Crippen molar-refractivity contribution in [3.8, 4) is 0 Å². The zero-order valence-electron chi connectivity index (χ0n) is 18.0. The first kappa shape index (κ1) is 22.8. The van der Waals surface area contributed by atoms with E-state index in [1.807, 2.05) is 49.0 Å². The summed E-state index contributed by atoms with van der Waals surface area (Å²) < 4.78 is 6.81. The van der Waals surface area contributed by atoms with Crippen molar-refractivity contribution in [3.05, 3.63) is 64.4 Å². The third kappa shape index (κ3) is 6.06. The summed E-state index contributed by atoms with van der Waals surface area (Å²) in [6.45, 7) is 2.06. The van der Waals surface area contributed by atoms with Crippen LogP contribution < -0.4 is 5.32 Å². The molecule has 0 aliphatic heterocycles. The van der Waals surface area contributed by atoms with E-state index in [2.05, 4.69) is 15.2 Å². The molecule has 2 aromatic carbocycles. The summed E-state index contributed by atoms with van der Waals surface area (Å²) in [5.41, 5.74) is 2.95. The molecule has 0 atom stereocenters. The topological polar surface area (TPSA) is 76.5 Å². The van der Waals surface area contributed by atoms with Crippen molar-refractivity contribution in [2.24, 2.45) is 0 Å². The van der Waals surface area contributed by atoms with E-state index in [4.69, 9.17) is 16.3 Å². The Hall–Kier alpha value is -2.90. The first-order valence-corrected chi connectivity index (χ1v) is 10.5. The number of hydrogen-bond acceptors (Lipinski definition) is 5. The molecule has 8 heteroatoms. The van der Waals surface area contributed by atoms with Gasteiger partial charge >= 0.3 is 5.97 Å². The van der Waals surface area contributed by atoms with Crippen LogP contribution in [0.1, 0.15) is 28.2 Å². The molecule has 0 fully saturated rings. The Morgan fingerprint density at radius 2 is 1.90 bits per heavy atom. The quantitative estimate of drug-likeness (QED) is 0.407. The maximum Gasteiger partial charge on any atom is 0.337 e. The van der Waals surface area contributed by atoms with Gasteiger partial charge in [0, 0.05) is 18.1 Å². The molecular weight excluding hydrogens is 416 g/mol. The maximum absolute atomic E-state index is 12.5. The van der Waals surface area contributed by atoms with Gasteiger partial charge in [-0.3, -0.25) is 4.79 Å². The molecule has 164 valence electrons. The van der Waals surface area contributed by atoms with E-state index in [1.54, 1.807) is 12.1 Å². The van der Waals surface area contributed by atoms with Crippen molar-refractivity contribution in [2.75, 3.05) is 34.3 Å². The zero-order valence-corrected chi connectivity index (χ0v) is 18.8. The van der Waals surface area contributed by atoms with E-state index in [0.29, 0.717) is 35.0 Å². The molecular formula is C23H27ClN4O3. The van der Waals surface area contributed by atoms with E-state index in [-0.39, 0.29) is 12.3 Å². The highest BCUT2D eigenvalue weighted by molar-refractivity contribution is 6.30. The van der Waals surface area contributed by atoms with Crippen LogP contribution in [0.2, 0.25) is 5.02 Å². The first-order valence-electron chi connectivity index (χ1n) is 10.1. The van der Waals surface area contributed by atoms with Crippen molar-refractivity contribution in [3.63, 3.8) is 0 Å². The lowest BCUT2D eigenvalue weighted by atomic mass is 10.2. The van der Waals surface area contributed by atoms with Gasteiger partial charge in [-0.1, -0.05) is 23.7 Å². The van der Waals surface area contributed by atoms with Gasteiger partial charge < -0.3 is 19.5 Å². The molecule has 0 bridgehead atoms. The van der Waals surface area contributed by atoms with Crippen LogP contribution in [0.15, 0.2) is 42.5 Å². The van der Waals surface area contributed by atoms with Gasteiger partial charge in [-0.25, -0.2) is 9.78 Å². The molecule has 0 spiro atoms. The number of imidazole rings is 1. The number of hydrogen-bond donors (Lipinski definition) is 1. The molecule has 1 heterocycles. The Morgan fingerprint density at radius 3 is 2.58 bits per heavy atom. The van der Waals surface area contributed by atoms with Crippen LogP contribution >= 0.6 is 11.6 Å². The summed E-state index contributed by atoms with van der Waals surface area (Å²) in [6, 6.07) is 12.8. The van der Waals surface area contributed by atoms with Crippen molar-refractivity contribution >= 4 is 34.5 Å². The fourth-order valence-corrected chi connectivity index (χ4v) is 3.46. The van der Waals surface area contributed by atoms with Crippen LogP contribution in [-0.4, -0.2) is 60.6 Å². The van der Waals surface area contributed by atoms with Crippen LogP contribution in [0.5, 0.6) is 0 Å². The van der Waals surface area contributed by atoms with Gasteiger partial charge in [0.15, 0.2) is 0 Å². The molecule has 3 rings (SSSR count). The Kier molecular flexibility index (Phi) is 7.65. The number of nitrogens with zero attached hydrogens (tertiary/aromatic N) is 3.